The number of nitrogens with zero attached hydrogens (tertiary/aromatic N) is 3. The molecule has 0 saturated heterocycles. The Balaban J connectivity index is 2.96. The molecule has 0 N–H and O–H groups in total. The van der Waals surface area contributed by atoms with E-state index in [0.717, 1.165) is 25.3 Å². The van der Waals surface area contributed by atoms with E-state index in [9.17, 15) is 0 Å². The summed E-state index contributed by atoms with van der Waals surface area (Å²) in [5.74, 6) is 1.03. The molecule has 0 atom stereocenters. The van der Waals surface area contributed by atoms with Crippen molar-refractivity contribution >= 4 is 0 Å². The van der Waals surface area contributed by atoms with Gasteiger partial charge >= 0.3 is 0 Å². The highest BCUT2D eigenvalue weighted by Crippen LogP contribution is 2.38. The van der Waals surface area contributed by atoms with E-state index >= 15 is 0 Å². The van der Waals surface area contributed by atoms with Crippen molar-refractivity contribution in [3.63, 3.8) is 0 Å². The topological polar surface area (TPSA) is 19.0 Å². The lowest BCUT2D eigenvalue weighted by molar-refractivity contribution is 0.238. The molecule has 0 aromatic heterocycles. The standard InChI is InChI=1S/C28H53N3O/c1-27(2,3)24-22-26(32-11)25(28(4,5)6)21-23(24)15-12-18-31(19-13-16-29(7)8)20-14-17-30(9)10/h21-22H,12-20H2,1-11H3. The minimum absolute atomic E-state index is 0.0703. The van der Waals surface area contributed by atoms with Gasteiger partial charge < -0.3 is 19.4 Å². The van der Waals surface area contributed by atoms with Crippen molar-refractivity contribution < 1.29 is 4.74 Å². The molecule has 32 heavy (non-hydrogen) atoms. The molecule has 0 aliphatic rings. The summed E-state index contributed by atoms with van der Waals surface area (Å²) in [5, 5.41) is 0. The van der Waals surface area contributed by atoms with Crippen LogP contribution in [0.1, 0.15) is 77.5 Å². The molecule has 0 unspecified atom stereocenters. The number of aryl methyl sites for hydroxylation is 1. The summed E-state index contributed by atoms with van der Waals surface area (Å²) in [7, 11) is 10.5. The van der Waals surface area contributed by atoms with Gasteiger partial charge in [0.15, 0.2) is 0 Å². The third kappa shape index (κ3) is 10.2. The third-order valence-electron chi connectivity index (χ3n) is 6.12. The normalized spacial score (nSPS) is 12.9. The van der Waals surface area contributed by atoms with Crippen LogP contribution in [0.4, 0.5) is 0 Å². The monoisotopic (exact) mass is 447 g/mol. The zero-order valence-corrected chi connectivity index (χ0v) is 23.3. The maximum absolute atomic E-state index is 5.82. The fourth-order valence-electron chi connectivity index (χ4n) is 4.33. The van der Waals surface area contributed by atoms with Gasteiger partial charge in [0.2, 0.25) is 0 Å². The Bertz CT molecular complexity index is 654. The highest BCUT2D eigenvalue weighted by atomic mass is 16.5. The quantitative estimate of drug-likeness (QED) is 0.401. The van der Waals surface area contributed by atoms with E-state index < -0.39 is 0 Å². The molecule has 0 heterocycles. The molecule has 186 valence electrons. The average molecular weight is 448 g/mol. The van der Waals surface area contributed by atoms with Crippen molar-refractivity contribution in [2.24, 2.45) is 0 Å². The largest absolute Gasteiger partial charge is 0.496 e. The molecule has 0 bridgehead atoms. The summed E-state index contributed by atoms with van der Waals surface area (Å²) in [6.45, 7) is 19.7. The van der Waals surface area contributed by atoms with Gasteiger partial charge in [0, 0.05) is 0 Å². The number of benzene rings is 1. The van der Waals surface area contributed by atoms with Gasteiger partial charge in [-0.3, -0.25) is 0 Å². The predicted molar refractivity (Wildman–Crippen MR) is 141 cm³/mol. The van der Waals surface area contributed by atoms with Crippen molar-refractivity contribution in [2.45, 2.75) is 78.1 Å². The van der Waals surface area contributed by atoms with E-state index in [1.165, 1.54) is 55.6 Å². The van der Waals surface area contributed by atoms with Crippen molar-refractivity contribution in [1.29, 1.82) is 0 Å². The van der Waals surface area contributed by atoms with Gasteiger partial charge in [0.25, 0.3) is 0 Å². The summed E-state index contributed by atoms with van der Waals surface area (Å²) in [4.78, 5) is 7.26. The molecule has 0 aliphatic heterocycles. The molecule has 1 aromatic rings. The second-order valence-corrected chi connectivity index (χ2v) is 12.0. The van der Waals surface area contributed by atoms with Gasteiger partial charge in [0.05, 0.1) is 7.11 Å². The Morgan fingerprint density at radius 3 is 1.53 bits per heavy atom. The van der Waals surface area contributed by atoms with E-state index in [4.69, 9.17) is 4.74 Å². The summed E-state index contributed by atoms with van der Waals surface area (Å²) in [5.41, 5.74) is 4.41. The van der Waals surface area contributed by atoms with Crippen LogP contribution in [0.25, 0.3) is 0 Å². The van der Waals surface area contributed by atoms with Crippen molar-refractivity contribution in [2.75, 3.05) is 68.0 Å². The molecular weight excluding hydrogens is 394 g/mol. The molecule has 1 aromatic carbocycles. The number of hydrogen-bond donors (Lipinski definition) is 0. The van der Waals surface area contributed by atoms with E-state index in [-0.39, 0.29) is 10.8 Å². The van der Waals surface area contributed by atoms with Crippen LogP contribution in [0.15, 0.2) is 12.1 Å². The van der Waals surface area contributed by atoms with Crippen LogP contribution >= 0.6 is 0 Å². The average Bonchev–Trinajstić information content (AvgIpc) is 2.65. The van der Waals surface area contributed by atoms with E-state index in [0.29, 0.717) is 0 Å². The number of hydrogen-bond acceptors (Lipinski definition) is 4. The molecule has 0 radical (unpaired) electrons. The van der Waals surface area contributed by atoms with Gasteiger partial charge in [-0.1, -0.05) is 47.6 Å². The number of ether oxygens (including phenoxy) is 1. The third-order valence-corrected chi connectivity index (χ3v) is 6.12. The van der Waals surface area contributed by atoms with E-state index in [1.807, 2.05) is 0 Å². The summed E-state index contributed by atoms with van der Waals surface area (Å²) in [6.07, 6.45) is 4.79. The van der Waals surface area contributed by atoms with Crippen LogP contribution < -0.4 is 4.74 Å². The summed E-state index contributed by atoms with van der Waals surface area (Å²) in [6, 6.07) is 4.74. The van der Waals surface area contributed by atoms with Crippen molar-refractivity contribution in [3.05, 3.63) is 28.8 Å². The molecule has 4 nitrogen and oxygen atoms in total. The molecule has 1 rings (SSSR count). The highest BCUT2D eigenvalue weighted by Gasteiger charge is 2.25. The fraction of sp³-hybridized carbons (Fsp3) is 0.786. The van der Waals surface area contributed by atoms with Crippen molar-refractivity contribution in [1.82, 2.24) is 14.7 Å². The zero-order valence-electron chi connectivity index (χ0n) is 23.3. The highest BCUT2D eigenvalue weighted by molar-refractivity contribution is 5.48. The maximum atomic E-state index is 5.82. The Hall–Kier alpha value is -1.10. The second-order valence-electron chi connectivity index (χ2n) is 12.0. The van der Waals surface area contributed by atoms with Gasteiger partial charge in [-0.2, -0.15) is 0 Å². The fourth-order valence-corrected chi connectivity index (χ4v) is 4.33. The second kappa shape index (κ2) is 13.0. The summed E-state index contributed by atoms with van der Waals surface area (Å²) >= 11 is 0. The molecular formula is C28H53N3O. The van der Waals surface area contributed by atoms with E-state index in [2.05, 4.69) is 96.6 Å². The minimum Gasteiger partial charge on any atom is -0.496 e. The Morgan fingerprint density at radius 2 is 1.12 bits per heavy atom. The van der Waals surface area contributed by atoms with Crippen LogP contribution in [-0.2, 0) is 17.3 Å². The van der Waals surface area contributed by atoms with Crippen LogP contribution in [0.2, 0.25) is 0 Å². The lowest BCUT2D eigenvalue weighted by Gasteiger charge is -2.29. The molecule has 0 saturated carbocycles. The summed E-state index contributed by atoms with van der Waals surface area (Å²) < 4.78 is 5.82. The first-order valence-electron chi connectivity index (χ1n) is 12.5. The molecule has 4 heteroatoms. The first-order chi connectivity index (χ1) is 14.8. The number of methoxy groups -OCH3 is 1. The van der Waals surface area contributed by atoms with Crippen LogP contribution in [0, 0.1) is 0 Å². The lowest BCUT2D eigenvalue weighted by atomic mass is 9.78. The first kappa shape index (κ1) is 28.9. The van der Waals surface area contributed by atoms with Crippen LogP contribution in [0.5, 0.6) is 5.75 Å². The van der Waals surface area contributed by atoms with Crippen LogP contribution in [-0.4, -0.2) is 82.7 Å². The lowest BCUT2D eigenvalue weighted by Crippen LogP contribution is -2.31. The number of rotatable bonds is 13. The SMILES string of the molecule is COc1cc(C(C)(C)C)c(CCCN(CCCN(C)C)CCCN(C)C)cc1C(C)(C)C. The smallest absolute Gasteiger partial charge is 0.122 e. The molecule has 0 fully saturated rings. The van der Waals surface area contributed by atoms with E-state index in [1.54, 1.807) is 7.11 Å². The van der Waals surface area contributed by atoms with Gasteiger partial charge in [-0.25, -0.2) is 0 Å². The first-order valence-corrected chi connectivity index (χ1v) is 12.5. The Morgan fingerprint density at radius 1 is 0.656 bits per heavy atom. The molecule has 0 amide bonds. The van der Waals surface area contributed by atoms with Gasteiger partial charge in [0.1, 0.15) is 5.75 Å². The molecule has 0 aliphatic carbocycles. The minimum atomic E-state index is 0.0703. The van der Waals surface area contributed by atoms with Gasteiger partial charge in [-0.05, 0) is 120 Å². The van der Waals surface area contributed by atoms with Crippen molar-refractivity contribution in [3.8, 4) is 5.75 Å². The Kier molecular flexibility index (Phi) is 11.7. The van der Waals surface area contributed by atoms with Crippen LogP contribution in [0.3, 0.4) is 0 Å². The zero-order chi connectivity index (χ0) is 24.5. The molecule has 0 spiro atoms. The Labute approximate surface area is 200 Å². The predicted octanol–water partition coefficient (Wildman–Crippen LogP) is 5.43. The maximum Gasteiger partial charge on any atom is 0.122 e. The van der Waals surface area contributed by atoms with Gasteiger partial charge in [-0.15, -0.1) is 0 Å².